The second-order valence-corrected chi connectivity index (χ2v) is 4.76. The van der Waals surface area contributed by atoms with Gasteiger partial charge in [0.15, 0.2) is 0 Å². The zero-order chi connectivity index (χ0) is 13.0. The van der Waals surface area contributed by atoms with E-state index in [2.05, 4.69) is 60.7 Å². The van der Waals surface area contributed by atoms with Crippen molar-refractivity contribution in [2.24, 2.45) is 0 Å². The molecule has 0 saturated carbocycles. The van der Waals surface area contributed by atoms with Crippen molar-refractivity contribution in [3.63, 3.8) is 0 Å². The highest BCUT2D eigenvalue weighted by atomic mass is 15.0. The quantitative estimate of drug-likeness (QED) is 0.847. The smallest absolute Gasteiger partial charge is 0.134 e. The van der Waals surface area contributed by atoms with Gasteiger partial charge in [0.2, 0.25) is 0 Å². The van der Waals surface area contributed by atoms with E-state index in [0.29, 0.717) is 6.04 Å². The first-order chi connectivity index (χ1) is 8.72. The standard InChI is InChI=1S/C15H21N3/c1-4-16-9-12-10-17-15(18-11(2)3)14-8-6-5-7-13(12)14/h5-8,10-11,16H,4,9H2,1-3H3,(H,17,18). The van der Waals surface area contributed by atoms with E-state index in [9.17, 15) is 0 Å². The molecule has 96 valence electrons. The van der Waals surface area contributed by atoms with Crippen LogP contribution >= 0.6 is 0 Å². The highest BCUT2D eigenvalue weighted by molar-refractivity contribution is 5.94. The van der Waals surface area contributed by atoms with Gasteiger partial charge in [0, 0.05) is 24.2 Å². The molecule has 1 aromatic heterocycles. The summed E-state index contributed by atoms with van der Waals surface area (Å²) in [6, 6.07) is 8.82. The minimum absolute atomic E-state index is 0.389. The second kappa shape index (κ2) is 5.83. The van der Waals surface area contributed by atoms with Gasteiger partial charge in [-0.2, -0.15) is 0 Å². The van der Waals surface area contributed by atoms with Crippen molar-refractivity contribution in [2.45, 2.75) is 33.4 Å². The summed E-state index contributed by atoms with van der Waals surface area (Å²) in [7, 11) is 0. The fourth-order valence-electron chi connectivity index (χ4n) is 2.04. The van der Waals surface area contributed by atoms with Gasteiger partial charge in [-0.3, -0.25) is 0 Å². The first kappa shape index (κ1) is 12.8. The van der Waals surface area contributed by atoms with E-state index in [1.165, 1.54) is 16.3 Å². The van der Waals surface area contributed by atoms with Crippen LogP contribution in [0.1, 0.15) is 26.3 Å². The minimum atomic E-state index is 0.389. The number of anilines is 1. The molecule has 0 spiro atoms. The lowest BCUT2D eigenvalue weighted by atomic mass is 10.1. The van der Waals surface area contributed by atoms with E-state index in [1.807, 2.05) is 6.20 Å². The maximum absolute atomic E-state index is 4.55. The van der Waals surface area contributed by atoms with E-state index in [-0.39, 0.29) is 0 Å². The molecule has 3 nitrogen and oxygen atoms in total. The second-order valence-electron chi connectivity index (χ2n) is 4.76. The van der Waals surface area contributed by atoms with Crippen LogP contribution in [0, 0.1) is 0 Å². The molecule has 2 N–H and O–H groups in total. The first-order valence-corrected chi connectivity index (χ1v) is 6.56. The van der Waals surface area contributed by atoms with Crippen molar-refractivity contribution in [1.29, 1.82) is 0 Å². The summed E-state index contributed by atoms with van der Waals surface area (Å²) < 4.78 is 0. The molecule has 0 aliphatic rings. The maximum atomic E-state index is 4.55. The number of fused-ring (bicyclic) bond motifs is 1. The summed E-state index contributed by atoms with van der Waals surface area (Å²) in [4.78, 5) is 4.55. The van der Waals surface area contributed by atoms with Crippen LogP contribution in [0.25, 0.3) is 10.8 Å². The largest absolute Gasteiger partial charge is 0.367 e. The predicted octanol–water partition coefficient (Wildman–Crippen LogP) is 3.16. The molecule has 1 aromatic carbocycles. The molecule has 3 heteroatoms. The Morgan fingerprint density at radius 3 is 2.56 bits per heavy atom. The van der Waals surface area contributed by atoms with Crippen molar-refractivity contribution in [2.75, 3.05) is 11.9 Å². The number of aromatic nitrogens is 1. The zero-order valence-corrected chi connectivity index (χ0v) is 11.3. The van der Waals surface area contributed by atoms with E-state index < -0.39 is 0 Å². The number of rotatable bonds is 5. The molecule has 0 aliphatic heterocycles. The molecular weight excluding hydrogens is 222 g/mol. The third-order valence-electron chi connectivity index (χ3n) is 2.87. The number of nitrogens with zero attached hydrogens (tertiary/aromatic N) is 1. The van der Waals surface area contributed by atoms with Crippen LogP contribution in [-0.2, 0) is 6.54 Å². The van der Waals surface area contributed by atoms with E-state index >= 15 is 0 Å². The molecule has 0 radical (unpaired) electrons. The molecule has 0 amide bonds. The molecular formula is C15H21N3. The van der Waals surface area contributed by atoms with Crippen molar-refractivity contribution in [3.05, 3.63) is 36.0 Å². The Morgan fingerprint density at radius 2 is 1.89 bits per heavy atom. The van der Waals surface area contributed by atoms with E-state index in [4.69, 9.17) is 0 Å². The third-order valence-corrected chi connectivity index (χ3v) is 2.87. The minimum Gasteiger partial charge on any atom is -0.367 e. The normalized spacial score (nSPS) is 11.1. The summed E-state index contributed by atoms with van der Waals surface area (Å²) >= 11 is 0. The Hall–Kier alpha value is -1.61. The Balaban J connectivity index is 2.44. The predicted molar refractivity (Wildman–Crippen MR) is 77.9 cm³/mol. The molecule has 0 bridgehead atoms. The van der Waals surface area contributed by atoms with E-state index in [0.717, 1.165) is 18.9 Å². The SMILES string of the molecule is CCNCc1cnc(NC(C)C)c2ccccc12. The monoisotopic (exact) mass is 243 g/mol. The Morgan fingerprint density at radius 1 is 1.17 bits per heavy atom. The van der Waals surface area contributed by atoms with Crippen LogP contribution in [0.15, 0.2) is 30.5 Å². The van der Waals surface area contributed by atoms with Gasteiger partial charge in [-0.1, -0.05) is 31.2 Å². The van der Waals surface area contributed by atoms with Gasteiger partial charge >= 0.3 is 0 Å². The lowest BCUT2D eigenvalue weighted by Gasteiger charge is -2.14. The van der Waals surface area contributed by atoms with Crippen LogP contribution in [-0.4, -0.2) is 17.6 Å². The van der Waals surface area contributed by atoms with Crippen LogP contribution in [0.2, 0.25) is 0 Å². The fourth-order valence-corrected chi connectivity index (χ4v) is 2.04. The van der Waals surface area contributed by atoms with Gasteiger partial charge in [0.25, 0.3) is 0 Å². The lowest BCUT2D eigenvalue weighted by Crippen LogP contribution is -2.14. The Kier molecular flexibility index (Phi) is 4.15. The van der Waals surface area contributed by atoms with Crippen LogP contribution in [0.4, 0.5) is 5.82 Å². The number of pyridine rings is 1. The van der Waals surface area contributed by atoms with Crippen LogP contribution < -0.4 is 10.6 Å². The first-order valence-electron chi connectivity index (χ1n) is 6.56. The summed E-state index contributed by atoms with van der Waals surface area (Å²) in [6.07, 6.45) is 1.97. The molecule has 18 heavy (non-hydrogen) atoms. The average molecular weight is 243 g/mol. The number of hydrogen-bond donors (Lipinski definition) is 2. The summed E-state index contributed by atoms with van der Waals surface area (Å²) in [5, 5.41) is 9.23. The summed E-state index contributed by atoms with van der Waals surface area (Å²) in [6.45, 7) is 8.21. The molecule has 0 saturated heterocycles. The third kappa shape index (κ3) is 2.79. The molecule has 2 aromatic rings. The molecule has 0 atom stereocenters. The molecule has 2 rings (SSSR count). The van der Waals surface area contributed by atoms with Gasteiger partial charge in [-0.05, 0) is 31.3 Å². The molecule has 1 heterocycles. The lowest BCUT2D eigenvalue weighted by molar-refractivity contribution is 0.728. The fraction of sp³-hybridized carbons (Fsp3) is 0.400. The number of hydrogen-bond acceptors (Lipinski definition) is 3. The Bertz CT molecular complexity index is 520. The van der Waals surface area contributed by atoms with Gasteiger partial charge in [0.05, 0.1) is 0 Å². The Labute approximate surface area is 109 Å². The number of benzene rings is 1. The van der Waals surface area contributed by atoms with Crippen molar-refractivity contribution < 1.29 is 0 Å². The van der Waals surface area contributed by atoms with Gasteiger partial charge in [-0.15, -0.1) is 0 Å². The summed E-state index contributed by atoms with van der Waals surface area (Å²) in [5.41, 5.74) is 1.25. The van der Waals surface area contributed by atoms with Gasteiger partial charge < -0.3 is 10.6 Å². The number of nitrogens with one attached hydrogen (secondary N) is 2. The van der Waals surface area contributed by atoms with Crippen LogP contribution in [0.5, 0.6) is 0 Å². The molecule has 0 aliphatic carbocycles. The zero-order valence-electron chi connectivity index (χ0n) is 11.3. The summed E-state index contributed by atoms with van der Waals surface area (Å²) in [5.74, 6) is 0.973. The van der Waals surface area contributed by atoms with Crippen LogP contribution in [0.3, 0.4) is 0 Å². The topological polar surface area (TPSA) is 37.0 Å². The van der Waals surface area contributed by atoms with Gasteiger partial charge in [-0.25, -0.2) is 4.98 Å². The van der Waals surface area contributed by atoms with Crippen molar-refractivity contribution in [1.82, 2.24) is 10.3 Å². The average Bonchev–Trinajstić information content (AvgIpc) is 2.37. The van der Waals surface area contributed by atoms with Crippen molar-refractivity contribution in [3.8, 4) is 0 Å². The van der Waals surface area contributed by atoms with E-state index in [1.54, 1.807) is 0 Å². The highest BCUT2D eigenvalue weighted by Gasteiger charge is 2.07. The highest BCUT2D eigenvalue weighted by Crippen LogP contribution is 2.24. The molecule has 0 fully saturated rings. The van der Waals surface area contributed by atoms with Crippen molar-refractivity contribution >= 4 is 16.6 Å². The maximum Gasteiger partial charge on any atom is 0.134 e. The van der Waals surface area contributed by atoms with Gasteiger partial charge in [0.1, 0.15) is 5.82 Å². The molecule has 0 unspecified atom stereocenters.